The zero-order valence-electron chi connectivity index (χ0n) is 18.3. The lowest BCUT2D eigenvalue weighted by atomic mass is 10.1. The minimum absolute atomic E-state index is 0.0591. The van der Waals surface area contributed by atoms with Crippen molar-refractivity contribution >= 4 is 23.6 Å². The Hall–Kier alpha value is -3.68. The molecule has 0 saturated carbocycles. The van der Waals surface area contributed by atoms with Crippen LogP contribution in [0.15, 0.2) is 48.5 Å². The van der Waals surface area contributed by atoms with Crippen molar-refractivity contribution in [2.75, 3.05) is 26.3 Å². The van der Waals surface area contributed by atoms with Gasteiger partial charge in [-0.25, -0.2) is 0 Å². The van der Waals surface area contributed by atoms with Crippen molar-refractivity contribution in [1.82, 2.24) is 10.6 Å². The largest absolute Gasteiger partial charge is 0.494 e. The van der Waals surface area contributed by atoms with Crippen molar-refractivity contribution in [3.63, 3.8) is 0 Å². The summed E-state index contributed by atoms with van der Waals surface area (Å²) < 4.78 is 10.3. The van der Waals surface area contributed by atoms with Crippen molar-refractivity contribution in [2.24, 2.45) is 0 Å². The average molecular weight is 440 g/mol. The number of carbonyl (C=O) groups excluding carboxylic acids is 4. The summed E-state index contributed by atoms with van der Waals surface area (Å²) in [6, 6.07) is 13.6. The first-order valence-corrected chi connectivity index (χ1v) is 10.4. The van der Waals surface area contributed by atoms with E-state index in [0.29, 0.717) is 30.0 Å². The SMILES string of the molecule is CCOc1ccc(C(=O)NCC(=O)OCC(=O)c2ccc(CCCNC(C)=O)cc2)cc1. The average Bonchev–Trinajstić information content (AvgIpc) is 2.79. The molecule has 2 N–H and O–H groups in total. The maximum Gasteiger partial charge on any atom is 0.325 e. The van der Waals surface area contributed by atoms with Crippen LogP contribution in [-0.2, 0) is 20.7 Å². The highest BCUT2D eigenvalue weighted by molar-refractivity contribution is 5.98. The van der Waals surface area contributed by atoms with Crippen molar-refractivity contribution in [2.45, 2.75) is 26.7 Å². The van der Waals surface area contributed by atoms with Crippen LogP contribution in [0.2, 0.25) is 0 Å². The number of hydrogen-bond acceptors (Lipinski definition) is 6. The number of rotatable bonds is 12. The third-order valence-electron chi connectivity index (χ3n) is 4.48. The molecule has 8 heteroatoms. The van der Waals surface area contributed by atoms with Gasteiger partial charge in [0.25, 0.3) is 5.91 Å². The van der Waals surface area contributed by atoms with Crippen molar-refractivity contribution in [3.8, 4) is 5.75 Å². The van der Waals surface area contributed by atoms with Crippen molar-refractivity contribution in [3.05, 3.63) is 65.2 Å². The van der Waals surface area contributed by atoms with E-state index in [2.05, 4.69) is 10.6 Å². The molecule has 0 aliphatic heterocycles. The van der Waals surface area contributed by atoms with Crippen LogP contribution >= 0.6 is 0 Å². The Morgan fingerprint density at radius 2 is 1.53 bits per heavy atom. The molecule has 0 aromatic heterocycles. The fourth-order valence-corrected chi connectivity index (χ4v) is 2.82. The second kappa shape index (κ2) is 12.9. The lowest BCUT2D eigenvalue weighted by Gasteiger charge is -2.08. The summed E-state index contributed by atoms with van der Waals surface area (Å²) in [5.74, 6) is -0.866. The number of ether oxygens (including phenoxy) is 2. The molecule has 2 aromatic carbocycles. The molecule has 0 aliphatic carbocycles. The molecule has 0 atom stereocenters. The Bertz CT molecular complexity index is 923. The number of hydrogen-bond donors (Lipinski definition) is 2. The molecule has 0 heterocycles. The Morgan fingerprint density at radius 1 is 0.875 bits per heavy atom. The molecule has 170 valence electrons. The predicted octanol–water partition coefficient (Wildman–Crippen LogP) is 2.31. The third-order valence-corrected chi connectivity index (χ3v) is 4.48. The normalized spacial score (nSPS) is 10.2. The molecule has 32 heavy (non-hydrogen) atoms. The first-order chi connectivity index (χ1) is 15.4. The van der Waals surface area contributed by atoms with E-state index < -0.39 is 18.5 Å². The summed E-state index contributed by atoms with van der Waals surface area (Å²) in [5, 5.41) is 5.19. The molecule has 2 amide bonds. The molecule has 8 nitrogen and oxygen atoms in total. The molecule has 0 bridgehead atoms. The van der Waals surface area contributed by atoms with E-state index in [1.54, 1.807) is 36.4 Å². The van der Waals surface area contributed by atoms with E-state index in [0.717, 1.165) is 18.4 Å². The zero-order valence-corrected chi connectivity index (χ0v) is 18.3. The molecule has 0 unspecified atom stereocenters. The molecule has 0 radical (unpaired) electrons. The van der Waals surface area contributed by atoms with Crippen LogP contribution in [0, 0.1) is 0 Å². The van der Waals surface area contributed by atoms with Gasteiger partial charge in [0, 0.05) is 24.6 Å². The monoisotopic (exact) mass is 440 g/mol. The molecule has 2 rings (SSSR count). The standard InChI is InChI=1S/C24H28N2O6/c1-3-31-21-12-10-20(11-13-21)24(30)26-15-23(29)32-16-22(28)19-8-6-18(7-9-19)5-4-14-25-17(2)27/h6-13H,3-5,14-16H2,1-2H3,(H,25,27)(H,26,30). The van der Waals surface area contributed by atoms with E-state index in [-0.39, 0.29) is 18.2 Å². The van der Waals surface area contributed by atoms with Gasteiger partial charge in [0.1, 0.15) is 12.3 Å². The van der Waals surface area contributed by atoms with Gasteiger partial charge < -0.3 is 20.1 Å². The Balaban J connectivity index is 1.71. The number of aryl methyl sites for hydroxylation is 1. The quantitative estimate of drug-likeness (QED) is 0.298. The van der Waals surface area contributed by atoms with Crippen LogP contribution in [0.3, 0.4) is 0 Å². The minimum atomic E-state index is -0.702. The maximum absolute atomic E-state index is 12.2. The third kappa shape index (κ3) is 8.59. The van der Waals surface area contributed by atoms with E-state index >= 15 is 0 Å². The number of carbonyl (C=O) groups is 4. The van der Waals surface area contributed by atoms with Gasteiger partial charge in [0.15, 0.2) is 12.4 Å². The lowest BCUT2D eigenvalue weighted by molar-refractivity contribution is -0.141. The number of esters is 1. The van der Waals surface area contributed by atoms with Crippen LogP contribution in [0.5, 0.6) is 5.75 Å². The van der Waals surface area contributed by atoms with Crippen LogP contribution in [0.25, 0.3) is 0 Å². The van der Waals surface area contributed by atoms with Gasteiger partial charge in [-0.05, 0) is 49.6 Å². The Morgan fingerprint density at radius 3 is 2.16 bits per heavy atom. The van der Waals surface area contributed by atoms with Crippen LogP contribution in [-0.4, -0.2) is 49.9 Å². The zero-order chi connectivity index (χ0) is 23.3. The van der Waals surface area contributed by atoms with Gasteiger partial charge in [0.05, 0.1) is 6.61 Å². The minimum Gasteiger partial charge on any atom is -0.494 e. The summed E-state index contributed by atoms with van der Waals surface area (Å²) in [4.78, 5) is 47.0. The molecular weight excluding hydrogens is 412 g/mol. The van der Waals surface area contributed by atoms with Crippen LogP contribution < -0.4 is 15.4 Å². The Labute approximate surface area is 187 Å². The highest BCUT2D eigenvalue weighted by atomic mass is 16.5. The molecule has 0 spiro atoms. The fraction of sp³-hybridized carbons (Fsp3) is 0.333. The van der Waals surface area contributed by atoms with Gasteiger partial charge in [0.2, 0.25) is 5.91 Å². The van der Waals surface area contributed by atoms with E-state index in [1.165, 1.54) is 6.92 Å². The summed E-state index contributed by atoms with van der Waals surface area (Å²) >= 11 is 0. The Kier molecular flexibility index (Phi) is 9.90. The van der Waals surface area contributed by atoms with Crippen molar-refractivity contribution in [1.29, 1.82) is 0 Å². The van der Waals surface area contributed by atoms with Gasteiger partial charge in [-0.1, -0.05) is 24.3 Å². The number of nitrogens with one attached hydrogen (secondary N) is 2. The number of benzene rings is 2. The van der Waals surface area contributed by atoms with Gasteiger partial charge >= 0.3 is 5.97 Å². The summed E-state index contributed by atoms with van der Waals surface area (Å²) in [6.45, 7) is 3.72. The first kappa shape index (κ1) is 24.6. The summed E-state index contributed by atoms with van der Waals surface area (Å²) in [7, 11) is 0. The topological polar surface area (TPSA) is 111 Å². The van der Waals surface area contributed by atoms with Gasteiger partial charge in [-0.2, -0.15) is 0 Å². The smallest absolute Gasteiger partial charge is 0.325 e. The van der Waals surface area contributed by atoms with E-state index in [1.807, 2.05) is 19.1 Å². The maximum atomic E-state index is 12.2. The van der Waals surface area contributed by atoms with Crippen LogP contribution in [0.1, 0.15) is 46.5 Å². The van der Waals surface area contributed by atoms with Gasteiger partial charge in [-0.3, -0.25) is 19.2 Å². The summed E-state index contributed by atoms with van der Waals surface area (Å²) in [5.41, 5.74) is 1.86. The highest BCUT2D eigenvalue weighted by Crippen LogP contribution is 2.12. The van der Waals surface area contributed by atoms with Gasteiger partial charge in [-0.15, -0.1) is 0 Å². The fourth-order valence-electron chi connectivity index (χ4n) is 2.82. The second-order valence-electron chi connectivity index (χ2n) is 7.01. The van der Waals surface area contributed by atoms with Crippen LogP contribution in [0.4, 0.5) is 0 Å². The van der Waals surface area contributed by atoms with E-state index in [4.69, 9.17) is 9.47 Å². The first-order valence-electron chi connectivity index (χ1n) is 10.4. The second-order valence-corrected chi connectivity index (χ2v) is 7.01. The molecule has 2 aromatic rings. The highest BCUT2D eigenvalue weighted by Gasteiger charge is 2.12. The molecule has 0 fully saturated rings. The lowest BCUT2D eigenvalue weighted by Crippen LogP contribution is -2.31. The van der Waals surface area contributed by atoms with E-state index in [9.17, 15) is 19.2 Å². The number of amides is 2. The summed E-state index contributed by atoms with van der Waals surface area (Å²) in [6.07, 6.45) is 1.57. The predicted molar refractivity (Wildman–Crippen MR) is 119 cm³/mol. The molecule has 0 saturated heterocycles. The molecule has 0 aliphatic rings. The number of ketones is 1. The van der Waals surface area contributed by atoms with Crippen molar-refractivity contribution < 1.29 is 28.7 Å². The molecular formula is C24H28N2O6. The number of Topliss-reactive ketones (excluding diaryl/α,β-unsaturated/α-hetero) is 1.